The second-order valence-corrected chi connectivity index (χ2v) is 7.93. The van der Waals surface area contributed by atoms with Crippen molar-refractivity contribution in [3.8, 4) is 5.75 Å². The molecule has 2 heterocycles. The Morgan fingerprint density at radius 3 is 2.46 bits per heavy atom. The van der Waals surface area contributed by atoms with Gasteiger partial charge in [-0.2, -0.15) is 0 Å². The zero-order chi connectivity index (χ0) is 18.7. The fourth-order valence-corrected chi connectivity index (χ4v) is 4.03. The molecule has 2 aromatic rings. The third-order valence-corrected chi connectivity index (χ3v) is 5.97. The van der Waals surface area contributed by atoms with Gasteiger partial charge in [-0.15, -0.1) is 23.1 Å². The summed E-state index contributed by atoms with van der Waals surface area (Å²) in [6.45, 7) is -0.483. The first kappa shape index (κ1) is 19.6. The van der Waals surface area contributed by atoms with Crippen molar-refractivity contribution >= 4 is 23.1 Å². The van der Waals surface area contributed by atoms with Gasteiger partial charge < -0.3 is 29.9 Å². The highest BCUT2D eigenvalue weighted by molar-refractivity contribution is 7.98. The third-order valence-electron chi connectivity index (χ3n) is 4.32. The predicted octanol–water partition coefficient (Wildman–Crippen LogP) is 1.24. The van der Waals surface area contributed by atoms with E-state index in [0.717, 1.165) is 10.4 Å². The van der Waals surface area contributed by atoms with Crippen molar-refractivity contribution in [1.29, 1.82) is 0 Å². The van der Waals surface area contributed by atoms with E-state index in [4.69, 9.17) is 9.47 Å². The molecular formula is C18H22O6S2. The molecule has 1 aromatic heterocycles. The molecule has 1 aliphatic rings. The van der Waals surface area contributed by atoms with E-state index < -0.39 is 37.3 Å². The fourth-order valence-electron chi connectivity index (χ4n) is 2.78. The van der Waals surface area contributed by atoms with Crippen LogP contribution in [0, 0.1) is 0 Å². The van der Waals surface area contributed by atoms with Gasteiger partial charge in [-0.3, -0.25) is 0 Å². The Bertz CT molecular complexity index is 702. The number of aliphatic hydroxyl groups excluding tert-OH is 4. The highest BCUT2D eigenvalue weighted by atomic mass is 32.2. The molecule has 5 atom stereocenters. The number of benzene rings is 1. The van der Waals surface area contributed by atoms with Crippen LogP contribution in [0.4, 0.5) is 0 Å². The largest absolute Gasteiger partial charge is 0.461 e. The van der Waals surface area contributed by atoms with Gasteiger partial charge in [0.2, 0.25) is 6.29 Å². The van der Waals surface area contributed by atoms with Gasteiger partial charge >= 0.3 is 0 Å². The standard InChI is InChI=1S/C18H22O6S2/c1-25-11-4-2-10(3-5-11)8-14-12(6-7-26-14)23-18-17(22)16(21)15(20)13(9-19)24-18/h2-7,13,15-22H,8-9H2,1H3. The molecule has 0 bridgehead atoms. The van der Waals surface area contributed by atoms with Crippen molar-refractivity contribution in [2.24, 2.45) is 0 Å². The molecule has 8 heteroatoms. The van der Waals surface area contributed by atoms with E-state index in [2.05, 4.69) is 24.3 Å². The fraction of sp³-hybridized carbons (Fsp3) is 0.444. The summed E-state index contributed by atoms with van der Waals surface area (Å²) in [7, 11) is 0. The van der Waals surface area contributed by atoms with Crippen molar-refractivity contribution < 1.29 is 29.9 Å². The topological polar surface area (TPSA) is 99.4 Å². The summed E-state index contributed by atoms with van der Waals surface area (Å²) in [6, 6.07) is 10.0. The molecule has 5 unspecified atom stereocenters. The molecule has 0 saturated carbocycles. The van der Waals surface area contributed by atoms with Crippen LogP contribution in [-0.2, 0) is 11.2 Å². The molecule has 1 aliphatic heterocycles. The van der Waals surface area contributed by atoms with Gasteiger partial charge in [0, 0.05) is 11.3 Å². The van der Waals surface area contributed by atoms with Crippen LogP contribution in [0.2, 0.25) is 0 Å². The summed E-state index contributed by atoms with van der Waals surface area (Å²) in [5.41, 5.74) is 1.13. The molecule has 0 aliphatic carbocycles. The minimum Gasteiger partial charge on any atom is -0.461 e. The number of rotatable bonds is 6. The number of thioether (sulfide) groups is 1. The predicted molar refractivity (Wildman–Crippen MR) is 99.7 cm³/mol. The first-order valence-electron chi connectivity index (χ1n) is 8.20. The average Bonchev–Trinajstić information content (AvgIpc) is 3.09. The summed E-state index contributed by atoms with van der Waals surface area (Å²) in [5, 5.41) is 41.0. The van der Waals surface area contributed by atoms with Crippen LogP contribution >= 0.6 is 23.1 Å². The number of hydrogen-bond acceptors (Lipinski definition) is 8. The van der Waals surface area contributed by atoms with Crippen molar-refractivity contribution in [3.63, 3.8) is 0 Å². The molecule has 26 heavy (non-hydrogen) atoms. The van der Waals surface area contributed by atoms with Crippen LogP contribution in [-0.4, -0.2) is 64.0 Å². The molecule has 4 N–H and O–H groups in total. The first-order chi connectivity index (χ1) is 12.5. The van der Waals surface area contributed by atoms with Crippen LogP contribution in [0.1, 0.15) is 10.4 Å². The maximum absolute atomic E-state index is 10.1. The Morgan fingerprint density at radius 1 is 1.08 bits per heavy atom. The molecule has 142 valence electrons. The highest BCUT2D eigenvalue weighted by Gasteiger charge is 2.44. The highest BCUT2D eigenvalue weighted by Crippen LogP contribution is 2.31. The summed E-state index contributed by atoms with van der Waals surface area (Å²) >= 11 is 3.21. The van der Waals surface area contributed by atoms with Gasteiger partial charge in [0.25, 0.3) is 0 Å². The summed E-state index contributed by atoms with van der Waals surface area (Å²) < 4.78 is 11.2. The van der Waals surface area contributed by atoms with Crippen molar-refractivity contribution in [2.45, 2.75) is 42.0 Å². The first-order valence-corrected chi connectivity index (χ1v) is 10.3. The molecule has 0 radical (unpaired) electrons. The molecule has 6 nitrogen and oxygen atoms in total. The van der Waals surface area contributed by atoms with Gasteiger partial charge in [0.05, 0.1) is 11.5 Å². The maximum Gasteiger partial charge on any atom is 0.229 e. The van der Waals surface area contributed by atoms with Crippen LogP contribution < -0.4 is 4.74 Å². The lowest BCUT2D eigenvalue weighted by Crippen LogP contribution is -2.60. The van der Waals surface area contributed by atoms with E-state index in [1.807, 2.05) is 11.6 Å². The number of hydrogen-bond donors (Lipinski definition) is 4. The zero-order valence-electron chi connectivity index (χ0n) is 14.2. The number of aliphatic hydroxyl groups is 4. The Hall–Kier alpha value is -1.13. The van der Waals surface area contributed by atoms with Gasteiger partial charge in [-0.05, 0) is 35.4 Å². The number of thiophene rings is 1. The van der Waals surface area contributed by atoms with Gasteiger partial charge in [-0.25, -0.2) is 0 Å². The smallest absolute Gasteiger partial charge is 0.229 e. The Balaban J connectivity index is 1.71. The van der Waals surface area contributed by atoms with E-state index in [1.54, 1.807) is 17.8 Å². The third kappa shape index (κ3) is 4.23. The summed E-state index contributed by atoms with van der Waals surface area (Å²) in [6.07, 6.45) is -3.72. The lowest BCUT2D eigenvalue weighted by Gasteiger charge is -2.39. The van der Waals surface area contributed by atoms with Crippen LogP contribution in [0.3, 0.4) is 0 Å². The van der Waals surface area contributed by atoms with E-state index in [1.165, 1.54) is 16.2 Å². The Kier molecular flexibility index (Phi) is 6.57. The van der Waals surface area contributed by atoms with E-state index in [9.17, 15) is 20.4 Å². The molecular weight excluding hydrogens is 376 g/mol. The molecule has 3 rings (SSSR count). The van der Waals surface area contributed by atoms with Crippen molar-refractivity contribution in [2.75, 3.05) is 12.9 Å². The monoisotopic (exact) mass is 398 g/mol. The quantitative estimate of drug-likeness (QED) is 0.543. The van der Waals surface area contributed by atoms with Crippen LogP contribution in [0.25, 0.3) is 0 Å². The minimum absolute atomic E-state index is 0.483. The lowest BCUT2D eigenvalue weighted by molar-refractivity contribution is -0.277. The second-order valence-electron chi connectivity index (χ2n) is 6.05. The lowest BCUT2D eigenvalue weighted by atomic mass is 9.99. The SMILES string of the molecule is CSc1ccc(Cc2sccc2OC2OC(CO)C(O)C(O)C2O)cc1. The van der Waals surface area contributed by atoms with Crippen LogP contribution in [0.15, 0.2) is 40.6 Å². The van der Waals surface area contributed by atoms with E-state index in [0.29, 0.717) is 12.2 Å². The molecule has 0 spiro atoms. The summed E-state index contributed by atoms with van der Waals surface area (Å²) in [4.78, 5) is 2.15. The molecule has 1 aromatic carbocycles. The summed E-state index contributed by atoms with van der Waals surface area (Å²) in [5.74, 6) is 0.549. The zero-order valence-corrected chi connectivity index (χ0v) is 15.8. The molecule has 1 saturated heterocycles. The Labute approximate surface area is 160 Å². The number of ether oxygens (including phenoxy) is 2. The maximum atomic E-state index is 10.1. The van der Waals surface area contributed by atoms with Gasteiger partial charge in [-0.1, -0.05) is 12.1 Å². The molecule has 1 fully saturated rings. The Morgan fingerprint density at radius 2 is 1.81 bits per heavy atom. The van der Waals surface area contributed by atoms with E-state index >= 15 is 0 Å². The van der Waals surface area contributed by atoms with Crippen molar-refractivity contribution in [1.82, 2.24) is 0 Å². The van der Waals surface area contributed by atoms with E-state index in [-0.39, 0.29) is 0 Å². The van der Waals surface area contributed by atoms with Gasteiger partial charge in [0.15, 0.2) is 0 Å². The van der Waals surface area contributed by atoms with Crippen LogP contribution in [0.5, 0.6) is 5.75 Å². The minimum atomic E-state index is -1.45. The second kappa shape index (κ2) is 8.71. The van der Waals surface area contributed by atoms with Gasteiger partial charge in [0.1, 0.15) is 30.2 Å². The van der Waals surface area contributed by atoms with Crippen molar-refractivity contribution in [3.05, 3.63) is 46.2 Å². The average molecular weight is 399 g/mol. The normalized spacial score (nSPS) is 28.9. The molecule has 0 amide bonds.